The number of fused-ring (bicyclic) bond motifs is 1. The van der Waals surface area contributed by atoms with Crippen molar-refractivity contribution < 1.29 is 19.5 Å². The van der Waals surface area contributed by atoms with Crippen molar-refractivity contribution in [3.8, 4) is 10.6 Å². The van der Waals surface area contributed by atoms with Crippen LogP contribution in [-0.4, -0.2) is 56.7 Å². The lowest BCUT2D eigenvalue weighted by atomic mass is 9.83. The maximum Gasteiger partial charge on any atom is 0.255 e. The van der Waals surface area contributed by atoms with Crippen LogP contribution in [0, 0.1) is 0 Å². The van der Waals surface area contributed by atoms with Crippen LogP contribution < -0.4 is 5.32 Å². The van der Waals surface area contributed by atoms with Gasteiger partial charge in [-0.2, -0.15) is 0 Å². The van der Waals surface area contributed by atoms with Gasteiger partial charge in [-0.1, -0.05) is 42.5 Å². The summed E-state index contributed by atoms with van der Waals surface area (Å²) in [5.41, 5.74) is 3.39. The second-order valence-corrected chi connectivity index (χ2v) is 10.9. The van der Waals surface area contributed by atoms with Crippen molar-refractivity contribution in [1.29, 1.82) is 0 Å². The van der Waals surface area contributed by atoms with Crippen LogP contribution >= 0.6 is 11.3 Å². The first kappa shape index (κ1) is 24.0. The molecule has 1 aromatic heterocycles. The molecule has 2 N–H and O–H groups in total. The molecule has 6 rings (SSSR count). The summed E-state index contributed by atoms with van der Waals surface area (Å²) in [5.74, 6) is -0.914. The lowest BCUT2D eigenvalue weighted by Crippen LogP contribution is -2.52. The number of aliphatic hydroxyl groups is 1. The van der Waals surface area contributed by atoms with Gasteiger partial charge in [0, 0.05) is 49.1 Å². The van der Waals surface area contributed by atoms with Gasteiger partial charge < -0.3 is 10.0 Å². The summed E-state index contributed by atoms with van der Waals surface area (Å²) in [4.78, 5) is 45.5. The number of piperidine rings is 2. The van der Waals surface area contributed by atoms with Crippen molar-refractivity contribution >= 4 is 29.1 Å². The number of amides is 3. The number of benzene rings is 2. The van der Waals surface area contributed by atoms with E-state index < -0.39 is 17.6 Å². The largest absolute Gasteiger partial charge is 0.385 e. The van der Waals surface area contributed by atoms with E-state index in [0.29, 0.717) is 31.4 Å². The van der Waals surface area contributed by atoms with Crippen LogP contribution in [0.1, 0.15) is 52.9 Å². The van der Waals surface area contributed by atoms with Crippen LogP contribution in [-0.2, 0) is 28.3 Å². The second-order valence-electron chi connectivity index (χ2n) is 10.1. The number of hydrogen-bond donors (Lipinski definition) is 2. The van der Waals surface area contributed by atoms with E-state index in [2.05, 4.69) is 27.7 Å². The van der Waals surface area contributed by atoms with Gasteiger partial charge in [-0.25, -0.2) is 4.98 Å². The zero-order valence-electron chi connectivity index (χ0n) is 20.4. The molecule has 2 fully saturated rings. The summed E-state index contributed by atoms with van der Waals surface area (Å²) in [5, 5.41) is 17.0. The van der Waals surface area contributed by atoms with Crippen LogP contribution in [0.25, 0.3) is 10.6 Å². The third kappa shape index (κ3) is 4.58. The molecular formula is C28H28N4O4S. The van der Waals surface area contributed by atoms with Gasteiger partial charge in [-0.05, 0) is 36.5 Å². The summed E-state index contributed by atoms with van der Waals surface area (Å²) < 4.78 is 0. The van der Waals surface area contributed by atoms with E-state index >= 15 is 0 Å². The Hall–Kier alpha value is -3.40. The van der Waals surface area contributed by atoms with Crippen molar-refractivity contribution in [2.24, 2.45) is 0 Å². The maximum absolute atomic E-state index is 13.0. The average molecular weight is 517 g/mol. The van der Waals surface area contributed by atoms with Gasteiger partial charge in [0.15, 0.2) is 0 Å². The topological polar surface area (TPSA) is 103 Å². The molecule has 9 heteroatoms. The second kappa shape index (κ2) is 9.48. The minimum absolute atomic E-state index is 0.198. The number of nitrogens with zero attached hydrogens (tertiary/aromatic N) is 3. The molecule has 0 spiro atoms. The van der Waals surface area contributed by atoms with Crippen molar-refractivity contribution in [1.82, 2.24) is 20.1 Å². The van der Waals surface area contributed by atoms with Crippen molar-refractivity contribution in [3.05, 3.63) is 76.3 Å². The molecule has 3 amide bonds. The quantitative estimate of drug-likeness (QED) is 0.506. The summed E-state index contributed by atoms with van der Waals surface area (Å²) in [6.07, 6.45) is 1.74. The Morgan fingerprint density at radius 3 is 2.62 bits per heavy atom. The summed E-state index contributed by atoms with van der Waals surface area (Å²) in [6, 6.07) is 15.1. The molecule has 0 aliphatic carbocycles. The van der Waals surface area contributed by atoms with Crippen LogP contribution in [0.3, 0.4) is 0 Å². The zero-order chi connectivity index (χ0) is 25.6. The smallest absolute Gasteiger partial charge is 0.255 e. The van der Waals surface area contributed by atoms with Crippen molar-refractivity contribution in [2.75, 3.05) is 13.1 Å². The van der Waals surface area contributed by atoms with E-state index in [1.807, 2.05) is 30.3 Å². The fourth-order valence-corrected chi connectivity index (χ4v) is 6.37. The Labute approximate surface area is 218 Å². The fourth-order valence-electron chi connectivity index (χ4n) is 5.56. The highest BCUT2D eigenvalue weighted by atomic mass is 32.1. The Morgan fingerprint density at radius 2 is 1.86 bits per heavy atom. The Balaban J connectivity index is 1.10. The van der Waals surface area contributed by atoms with E-state index in [-0.39, 0.29) is 18.2 Å². The lowest BCUT2D eigenvalue weighted by molar-refractivity contribution is -0.136. The minimum Gasteiger partial charge on any atom is -0.385 e. The molecule has 3 aliphatic heterocycles. The van der Waals surface area contributed by atoms with Crippen LogP contribution in [0.15, 0.2) is 53.9 Å². The van der Waals surface area contributed by atoms with Gasteiger partial charge in [0.05, 0.1) is 11.3 Å². The number of nitrogens with one attached hydrogen (secondary N) is 1. The first-order valence-corrected chi connectivity index (χ1v) is 13.5. The highest BCUT2D eigenvalue weighted by Gasteiger charge is 2.40. The SMILES string of the molecule is O=C1CCC(N2Cc3cc(C4(O)CCN(Cc5csc(-c6ccccc6)n5)CC4)ccc3C2=O)C(=O)N1. The van der Waals surface area contributed by atoms with Crippen molar-refractivity contribution in [2.45, 2.75) is 50.4 Å². The van der Waals surface area contributed by atoms with Crippen LogP contribution in [0.5, 0.6) is 0 Å². The highest BCUT2D eigenvalue weighted by molar-refractivity contribution is 7.13. The van der Waals surface area contributed by atoms with E-state index in [1.54, 1.807) is 22.3 Å². The van der Waals surface area contributed by atoms with Crippen LogP contribution in [0.4, 0.5) is 0 Å². The number of rotatable bonds is 5. The fraction of sp³-hybridized carbons (Fsp3) is 0.357. The molecule has 37 heavy (non-hydrogen) atoms. The molecule has 0 saturated carbocycles. The minimum atomic E-state index is -0.964. The van der Waals surface area contributed by atoms with Gasteiger partial charge in [0.25, 0.3) is 5.91 Å². The average Bonchev–Trinajstić information content (AvgIpc) is 3.50. The number of likely N-dealkylation sites (tertiary alicyclic amines) is 1. The van der Waals surface area contributed by atoms with E-state index in [1.165, 1.54) is 0 Å². The normalized spacial score (nSPS) is 21.7. The molecule has 3 aromatic rings. The Morgan fingerprint density at radius 1 is 1.08 bits per heavy atom. The van der Waals surface area contributed by atoms with Gasteiger partial charge in [0.2, 0.25) is 11.8 Å². The molecule has 190 valence electrons. The molecule has 0 bridgehead atoms. The van der Waals surface area contributed by atoms with E-state index in [9.17, 15) is 19.5 Å². The molecule has 1 atom stereocenters. The van der Waals surface area contributed by atoms with Gasteiger partial charge in [-0.15, -0.1) is 11.3 Å². The summed E-state index contributed by atoms with van der Waals surface area (Å²) in [6.45, 7) is 2.54. The van der Waals surface area contributed by atoms with E-state index in [4.69, 9.17) is 4.98 Å². The van der Waals surface area contributed by atoms with Gasteiger partial charge >= 0.3 is 0 Å². The molecule has 3 aliphatic rings. The number of aromatic nitrogens is 1. The highest BCUT2D eigenvalue weighted by Crippen LogP contribution is 2.37. The zero-order valence-corrected chi connectivity index (χ0v) is 21.2. The van der Waals surface area contributed by atoms with Gasteiger partial charge in [-0.3, -0.25) is 24.6 Å². The molecule has 2 saturated heterocycles. The van der Waals surface area contributed by atoms with Crippen molar-refractivity contribution in [3.63, 3.8) is 0 Å². The molecule has 4 heterocycles. The molecular weight excluding hydrogens is 488 g/mol. The predicted molar refractivity (Wildman–Crippen MR) is 138 cm³/mol. The van der Waals surface area contributed by atoms with Crippen LogP contribution in [0.2, 0.25) is 0 Å². The first-order valence-electron chi connectivity index (χ1n) is 12.6. The molecule has 1 unspecified atom stereocenters. The maximum atomic E-state index is 13.0. The standard InChI is InChI=1S/C28H28N4O4S/c33-24-9-8-23(25(34)30-24)32-15-19-14-20(6-7-22(19)27(32)35)28(36)10-12-31(13-11-28)16-21-17-37-26(29-21)18-4-2-1-3-5-18/h1-7,14,17,23,36H,8-13,15-16H2,(H,30,33,34). The predicted octanol–water partition coefficient (Wildman–Crippen LogP) is 3.05. The van der Waals surface area contributed by atoms with Gasteiger partial charge in [0.1, 0.15) is 11.0 Å². The summed E-state index contributed by atoms with van der Waals surface area (Å²) in [7, 11) is 0. The summed E-state index contributed by atoms with van der Waals surface area (Å²) >= 11 is 1.65. The first-order chi connectivity index (χ1) is 17.9. The number of thiazole rings is 1. The molecule has 8 nitrogen and oxygen atoms in total. The van der Waals surface area contributed by atoms with E-state index in [0.717, 1.165) is 47.0 Å². The third-order valence-electron chi connectivity index (χ3n) is 7.70. The Bertz CT molecular complexity index is 1360. The Kier molecular flexibility index (Phi) is 6.14. The molecule has 0 radical (unpaired) electrons. The third-order valence-corrected chi connectivity index (χ3v) is 8.64. The number of carbonyl (C=O) groups is 3. The number of carbonyl (C=O) groups excluding carboxylic acids is 3. The monoisotopic (exact) mass is 516 g/mol. The molecule has 2 aromatic carbocycles. The number of hydrogen-bond acceptors (Lipinski definition) is 7. The lowest BCUT2D eigenvalue weighted by Gasteiger charge is -2.38. The number of imide groups is 1.